The van der Waals surface area contributed by atoms with Crippen LogP contribution < -0.4 is 39.0 Å². The highest BCUT2D eigenvalue weighted by atomic mass is 28.3. The summed E-state index contributed by atoms with van der Waals surface area (Å²) in [7, 11) is 3.16. The summed E-state index contributed by atoms with van der Waals surface area (Å²) in [6, 6.07) is 37.8. The monoisotopic (exact) mass is 1470 g/mol. The van der Waals surface area contributed by atoms with Gasteiger partial charge in [-0.25, -0.2) is 18.3 Å². The van der Waals surface area contributed by atoms with E-state index in [1.807, 2.05) is 0 Å². The van der Waals surface area contributed by atoms with Crippen LogP contribution in [0.15, 0.2) is 122 Å². The minimum Gasteiger partial charge on any atom is -0.201 e. The molecule has 1 aliphatic carbocycles. The van der Waals surface area contributed by atoms with E-state index >= 15 is 0 Å². The maximum atomic E-state index is 2.54. The minimum absolute atomic E-state index is 0.196. The first-order chi connectivity index (χ1) is 47.4. The summed E-state index contributed by atoms with van der Waals surface area (Å²) in [5, 5.41) is 6.49. The number of pyridine rings is 4. The van der Waals surface area contributed by atoms with Crippen LogP contribution in [0.4, 0.5) is 0 Å². The fourth-order valence-electron chi connectivity index (χ4n) is 15.5. The van der Waals surface area contributed by atoms with E-state index in [2.05, 4.69) is 392 Å². The van der Waals surface area contributed by atoms with Gasteiger partial charge >= 0.3 is 0 Å². The minimum atomic E-state index is -1.44. The molecule has 9 rings (SSSR count). The zero-order valence-electron chi connectivity index (χ0n) is 73.7. The highest BCUT2D eigenvalue weighted by Gasteiger charge is 2.35. The van der Waals surface area contributed by atoms with Crippen molar-refractivity contribution in [1.82, 2.24) is 0 Å². The summed E-state index contributed by atoms with van der Waals surface area (Å²) < 4.78 is 9.41. The third-order valence-corrected chi connectivity index (χ3v) is 29.3. The summed E-state index contributed by atoms with van der Waals surface area (Å²) in [5.41, 5.74) is 29.3. The summed E-state index contributed by atoms with van der Waals surface area (Å²) >= 11 is 0. The van der Waals surface area contributed by atoms with Gasteiger partial charge in [0.25, 0.3) is 0 Å². The first kappa shape index (κ1) is 87.3. The van der Waals surface area contributed by atoms with Gasteiger partial charge in [-0.1, -0.05) is 256 Å². The number of hydrogen-bond acceptors (Lipinski definition) is 0. The summed E-state index contributed by atoms with van der Waals surface area (Å²) in [6.07, 6.45) is 19.7. The molecule has 0 amide bonds. The third-order valence-electron chi connectivity index (χ3n) is 21.0. The maximum absolute atomic E-state index is 2.54. The van der Waals surface area contributed by atoms with E-state index in [0.29, 0.717) is 28.1 Å². The van der Waals surface area contributed by atoms with E-state index in [9.17, 15) is 0 Å². The first-order valence-electron chi connectivity index (χ1n) is 40.0. The lowest BCUT2D eigenvalue weighted by atomic mass is 9.85. The molecule has 4 aromatic carbocycles. The third kappa shape index (κ3) is 24.2. The number of aryl methyl sites for hydroxylation is 9. The van der Waals surface area contributed by atoms with E-state index in [1.54, 1.807) is 26.3 Å². The standard InChI is InChI=1S/C25H38NSi.C25H40NSi.C24H38NSi.C22H34NSi/c1-18-15-20(25(2,3)4)13-14-21(18)23-16-24(27(6,7)8)22(17-26(23)5)19-11-9-10-12-19;1-18(2)13-20-12-11-19(3)22(14-20)23-15-24(27(8,9)10)21(17-26(23)7)16-25(4,5)6;1-17(2)19-12-11-18(3)21(13-19)22-14-23(26(8,9)10)20(16-25(22)7)15-24(4,5)6;1-16-10-11-17(2)19(12-16)20-13-21(24(7,8)9)18(15-23(20)6)14-22(3,4)5/h13-17,19H,9-12H2,1-8H3;11-12,14-15,17-18H,13,16H2,1-10H3;11-14,16-17H,15H2,1-10H3;10-13,15H,14H2,1-9H3/q4*+1. The Morgan fingerprint density at radius 1 is 0.375 bits per heavy atom. The van der Waals surface area contributed by atoms with Crippen LogP contribution in [0.2, 0.25) is 78.6 Å². The molecule has 566 valence electrons. The highest BCUT2D eigenvalue weighted by molar-refractivity contribution is 6.90. The van der Waals surface area contributed by atoms with E-state index in [-0.39, 0.29) is 5.41 Å². The molecule has 104 heavy (non-hydrogen) atoms. The average molecular weight is 1470 g/mol. The Bertz CT molecular complexity index is 4270. The molecule has 0 N–H and O–H groups in total. The van der Waals surface area contributed by atoms with E-state index < -0.39 is 32.3 Å². The Kier molecular flexibility index (Phi) is 28.4. The summed E-state index contributed by atoms with van der Waals surface area (Å²) in [6.45, 7) is 77.9. The van der Waals surface area contributed by atoms with Crippen LogP contribution in [0.5, 0.6) is 0 Å². The topological polar surface area (TPSA) is 15.5 Å². The quantitative estimate of drug-likeness (QED) is 0.0718. The van der Waals surface area contributed by atoms with Crippen LogP contribution in [0.25, 0.3) is 45.0 Å². The van der Waals surface area contributed by atoms with Gasteiger partial charge in [0.05, 0.1) is 32.3 Å². The molecule has 0 radical (unpaired) electrons. The fourth-order valence-corrected chi connectivity index (χ4v) is 22.3. The number of benzene rings is 4. The smallest absolute Gasteiger partial charge is 0.201 e. The van der Waals surface area contributed by atoms with Gasteiger partial charge in [0.1, 0.15) is 28.2 Å². The molecule has 4 heterocycles. The van der Waals surface area contributed by atoms with Crippen LogP contribution in [0.1, 0.15) is 215 Å². The predicted molar refractivity (Wildman–Crippen MR) is 470 cm³/mol. The fraction of sp³-hybridized carbons (Fsp3) is 0.542. The molecule has 0 aliphatic heterocycles. The summed E-state index contributed by atoms with van der Waals surface area (Å²) in [5.74, 6) is 2.01. The van der Waals surface area contributed by atoms with Crippen molar-refractivity contribution in [2.75, 3.05) is 0 Å². The molecule has 1 aliphatic rings. The molecule has 1 saturated carbocycles. The molecule has 0 atom stereocenters. The number of rotatable bonds is 15. The van der Waals surface area contributed by atoms with Gasteiger partial charge in [-0.05, 0) is 197 Å². The van der Waals surface area contributed by atoms with Crippen LogP contribution in [-0.2, 0) is 59.3 Å². The van der Waals surface area contributed by atoms with E-state index in [4.69, 9.17) is 0 Å². The number of nitrogens with zero attached hydrogens (tertiary/aromatic N) is 4. The van der Waals surface area contributed by atoms with Crippen molar-refractivity contribution in [2.45, 2.75) is 293 Å². The molecule has 0 unspecified atom stereocenters. The van der Waals surface area contributed by atoms with Gasteiger partial charge in [-0.15, -0.1) is 0 Å². The molecule has 4 aromatic heterocycles. The molecule has 8 aromatic rings. The lowest BCUT2D eigenvalue weighted by molar-refractivity contribution is -0.660. The van der Waals surface area contributed by atoms with Crippen LogP contribution >= 0.6 is 0 Å². The molecular formula is C96H150N4Si4+4. The van der Waals surface area contributed by atoms with Crippen molar-refractivity contribution >= 4 is 53.0 Å². The molecule has 8 heteroatoms. The van der Waals surface area contributed by atoms with E-state index in [1.165, 1.54) is 132 Å². The number of aromatic nitrogens is 4. The SMILES string of the molecule is Cc1cc(C(C)(C)C)ccc1-c1cc([Si](C)(C)C)c(C2CCCC2)c[n+]1C.Cc1ccc(C(C)C)cc1-c1cc([Si](C)(C)C)c(CC(C)(C)C)c[n+]1C.Cc1ccc(C)c(-c2cc([Si](C)(C)C)c(CC(C)(C)C)c[n+]2C)c1.Cc1ccc(CC(C)C)cc1-c1cc([Si](C)(C)C)c(CC(C)(C)C)c[n+]1C. The van der Waals surface area contributed by atoms with Crippen LogP contribution in [0.3, 0.4) is 0 Å². The predicted octanol–water partition coefficient (Wildman–Crippen LogP) is 22.5. The Hall–Kier alpha value is -5.65. The Morgan fingerprint density at radius 3 is 1.10 bits per heavy atom. The Morgan fingerprint density at radius 2 is 0.731 bits per heavy atom. The van der Waals surface area contributed by atoms with Gasteiger partial charge in [0, 0.05) is 68.8 Å². The Balaban J connectivity index is 0.000000218. The molecule has 4 nitrogen and oxygen atoms in total. The first-order valence-corrected chi connectivity index (χ1v) is 54.0. The zero-order chi connectivity index (χ0) is 78.7. The Labute approximate surface area is 643 Å². The second-order valence-corrected chi connectivity index (χ2v) is 61.7. The largest absolute Gasteiger partial charge is 0.212 e. The second-order valence-electron chi connectivity index (χ2n) is 41.5. The van der Waals surface area contributed by atoms with Crippen LogP contribution in [-0.4, -0.2) is 32.3 Å². The van der Waals surface area contributed by atoms with Gasteiger partial charge in [-0.2, -0.15) is 0 Å². The molecule has 0 bridgehead atoms. The van der Waals surface area contributed by atoms with Crippen molar-refractivity contribution in [2.24, 2.45) is 50.4 Å². The van der Waals surface area contributed by atoms with Gasteiger partial charge in [0.2, 0.25) is 22.8 Å². The van der Waals surface area contributed by atoms with Crippen molar-refractivity contribution in [3.63, 3.8) is 0 Å². The zero-order valence-corrected chi connectivity index (χ0v) is 77.7. The highest BCUT2D eigenvalue weighted by Crippen LogP contribution is 2.37. The molecule has 1 fully saturated rings. The van der Waals surface area contributed by atoms with Gasteiger partial charge < -0.3 is 0 Å². The van der Waals surface area contributed by atoms with Crippen LogP contribution in [0, 0.1) is 56.8 Å². The summed E-state index contributed by atoms with van der Waals surface area (Å²) in [4.78, 5) is 0. The van der Waals surface area contributed by atoms with E-state index in [0.717, 1.165) is 31.6 Å². The van der Waals surface area contributed by atoms with Gasteiger partial charge in [0.15, 0.2) is 24.8 Å². The normalized spacial score (nSPS) is 13.6. The second kappa shape index (κ2) is 33.9. The molecule has 0 spiro atoms. The lowest BCUT2D eigenvalue weighted by Gasteiger charge is -2.25. The van der Waals surface area contributed by atoms with Crippen molar-refractivity contribution in [1.29, 1.82) is 0 Å². The van der Waals surface area contributed by atoms with Crippen molar-refractivity contribution < 1.29 is 18.3 Å². The molecule has 0 saturated heterocycles. The number of hydrogen-bond donors (Lipinski definition) is 0. The van der Waals surface area contributed by atoms with Crippen molar-refractivity contribution in [3.05, 3.63) is 189 Å². The average Bonchev–Trinajstić information content (AvgIpc) is 0.951. The maximum Gasteiger partial charge on any atom is 0.212 e. The van der Waals surface area contributed by atoms with Crippen molar-refractivity contribution in [3.8, 4) is 45.0 Å². The van der Waals surface area contributed by atoms with Gasteiger partial charge in [-0.3, -0.25) is 0 Å². The molecular weight excluding hydrogens is 1320 g/mol. The lowest BCUT2D eigenvalue weighted by Crippen LogP contribution is -2.45.